The summed E-state index contributed by atoms with van der Waals surface area (Å²) in [5.74, 6) is 0.729. The molecular formula is C18H27N2O3+. The summed E-state index contributed by atoms with van der Waals surface area (Å²) in [4.78, 5) is 12.7. The molecular weight excluding hydrogens is 292 g/mol. The van der Waals surface area contributed by atoms with Gasteiger partial charge in [0.2, 0.25) is 0 Å². The molecule has 5 heteroatoms. The number of quaternary nitrogens is 1. The highest BCUT2D eigenvalue weighted by molar-refractivity contribution is 5.74. The lowest BCUT2D eigenvalue weighted by molar-refractivity contribution is -0.937. The van der Waals surface area contributed by atoms with E-state index in [1.807, 2.05) is 12.1 Å². The highest BCUT2D eigenvalue weighted by Gasteiger charge is 2.51. The van der Waals surface area contributed by atoms with Gasteiger partial charge in [0, 0.05) is 17.9 Å². The van der Waals surface area contributed by atoms with Crippen LogP contribution in [-0.2, 0) is 4.79 Å². The summed E-state index contributed by atoms with van der Waals surface area (Å²) in [6.07, 6.45) is 4.87. The number of piperidine rings is 1. The summed E-state index contributed by atoms with van der Waals surface area (Å²) in [5, 5.41) is 11.1. The van der Waals surface area contributed by atoms with Crippen LogP contribution in [0.4, 0.5) is 0 Å². The Morgan fingerprint density at radius 2 is 2.09 bits per heavy atom. The van der Waals surface area contributed by atoms with Crippen LogP contribution >= 0.6 is 0 Å². The zero-order valence-electron chi connectivity index (χ0n) is 13.8. The van der Waals surface area contributed by atoms with Gasteiger partial charge < -0.3 is 20.5 Å². The molecule has 1 saturated carbocycles. The van der Waals surface area contributed by atoms with Crippen LogP contribution in [0, 0.1) is 5.92 Å². The second-order valence-electron chi connectivity index (χ2n) is 7.01. The number of amides is 1. The molecule has 1 heterocycles. The summed E-state index contributed by atoms with van der Waals surface area (Å²) in [5.41, 5.74) is 6.03. The van der Waals surface area contributed by atoms with Gasteiger partial charge in [-0.15, -0.1) is 0 Å². The second kappa shape index (κ2) is 6.49. The summed E-state index contributed by atoms with van der Waals surface area (Å²) < 4.78 is 5.24. The first-order valence-corrected chi connectivity index (χ1v) is 8.53. The minimum Gasteiger partial charge on any atom is -0.497 e. The van der Waals surface area contributed by atoms with Crippen LogP contribution in [0.15, 0.2) is 24.3 Å². The number of nitrogens with two attached hydrogens (primary N) is 1. The van der Waals surface area contributed by atoms with Gasteiger partial charge in [-0.2, -0.15) is 0 Å². The molecule has 0 radical (unpaired) electrons. The van der Waals surface area contributed by atoms with Crippen molar-refractivity contribution in [3.63, 3.8) is 0 Å². The van der Waals surface area contributed by atoms with Crippen molar-refractivity contribution in [2.45, 2.75) is 43.7 Å². The molecule has 126 valence electrons. The lowest BCUT2D eigenvalue weighted by atomic mass is 9.66. The molecule has 1 aliphatic carbocycles. The molecule has 23 heavy (non-hydrogen) atoms. The number of methoxy groups -OCH3 is 1. The van der Waals surface area contributed by atoms with Crippen LogP contribution in [0.2, 0.25) is 0 Å². The number of carbonyl (C=O) groups is 1. The van der Waals surface area contributed by atoms with E-state index in [1.54, 1.807) is 7.11 Å². The van der Waals surface area contributed by atoms with Gasteiger partial charge in [-0.1, -0.05) is 12.8 Å². The number of fused-ring (bicyclic) bond motifs is 1. The largest absolute Gasteiger partial charge is 0.497 e. The molecule has 4 atom stereocenters. The molecule has 1 unspecified atom stereocenters. The Morgan fingerprint density at radius 3 is 2.74 bits per heavy atom. The molecule has 1 saturated heterocycles. The molecule has 1 aromatic rings. The van der Waals surface area contributed by atoms with Crippen LogP contribution in [-0.4, -0.2) is 36.8 Å². The number of nitrogens with one attached hydrogen (secondary N) is 1. The van der Waals surface area contributed by atoms with E-state index in [1.165, 1.54) is 4.90 Å². The summed E-state index contributed by atoms with van der Waals surface area (Å²) in [7, 11) is 1.65. The van der Waals surface area contributed by atoms with Gasteiger partial charge in [0.25, 0.3) is 5.91 Å². The maximum absolute atomic E-state index is 11.5. The first kappa shape index (κ1) is 16.3. The van der Waals surface area contributed by atoms with Gasteiger partial charge >= 0.3 is 0 Å². The van der Waals surface area contributed by atoms with E-state index in [-0.39, 0.29) is 17.9 Å². The molecule has 0 aromatic heterocycles. The van der Waals surface area contributed by atoms with Gasteiger partial charge in [0.15, 0.2) is 6.54 Å². The second-order valence-corrected chi connectivity index (χ2v) is 7.01. The molecule has 1 aromatic carbocycles. The highest BCUT2D eigenvalue weighted by atomic mass is 16.5. The average Bonchev–Trinajstić information content (AvgIpc) is 2.54. The van der Waals surface area contributed by atoms with Crippen molar-refractivity contribution in [1.82, 2.24) is 0 Å². The summed E-state index contributed by atoms with van der Waals surface area (Å²) >= 11 is 0. The fourth-order valence-electron chi connectivity index (χ4n) is 4.56. The predicted molar refractivity (Wildman–Crippen MR) is 87.2 cm³/mol. The van der Waals surface area contributed by atoms with Crippen molar-refractivity contribution in [3.8, 4) is 5.75 Å². The third-order valence-corrected chi connectivity index (χ3v) is 5.66. The smallest absolute Gasteiger partial charge is 0.272 e. The molecule has 0 bridgehead atoms. The van der Waals surface area contributed by atoms with Crippen LogP contribution < -0.4 is 15.4 Å². The zero-order chi connectivity index (χ0) is 16.4. The van der Waals surface area contributed by atoms with E-state index in [0.717, 1.165) is 50.0 Å². The maximum Gasteiger partial charge on any atom is 0.272 e. The van der Waals surface area contributed by atoms with Crippen LogP contribution in [0.25, 0.3) is 0 Å². The zero-order valence-corrected chi connectivity index (χ0v) is 13.8. The Hall–Kier alpha value is -1.59. The van der Waals surface area contributed by atoms with Gasteiger partial charge in [-0.25, -0.2) is 0 Å². The van der Waals surface area contributed by atoms with Crippen molar-refractivity contribution in [1.29, 1.82) is 0 Å². The molecule has 1 aliphatic heterocycles. The van der Waals surface area contributed by atoms with E-state index in [0.29, 0.717) is 6.54 Å². The Kier molecular flexibility index (Phi) is 4.60. The number of aliphatic hydroxyl groups is 1. The molecule has 0 spiro atoms. The highest BCUT2D eigenvalue weighted by Crippen LogP contribution is 2.44. The van der Waals surface area contributed by atoms with E-state index in [2.05, 4.69) is 12.1 Å². The minimum atomic E-state index is -0.593. The first-order chi connectivity index (χ1) is 11.0. The van der Waals surface area contributed by atoms with Crippen molar-refractivity contribution in [2.24, 2.45) is 11.7 Å². The maximum atomic E-state index is 11.5. The Balaban J connectivity index is 1.94. The SMILES string of the molecule is COc1ccc([C@@H]2[C@@H]3CCCC[C@@]3(O)CC[NH+]2CC(N)=O)cc1. The number of rotatable bonds is 4. The fourth-order valence-corrected chi connectivity index (χ4v) is 4.56. The van der Waals surface area contributed by atoms with Gasteiger partial charge in [0.1, 0.15) is 11.8 Å². The molecule has 4 N–H and O–H groups in total. The number of hydrogen-bond donors (Lipinski definition) is 3. The van der Waals surface area contributed by atoms with Crippen LogP contribution in [0.3, 0.4) is 0 Å². The monoisotopic (exact) mass is 319 g/mol. The molecule has 3 rings (SSSR count). The van der Waals surface area contributed by atoms with Crippen LogP contribution in [0.1, 0.15) is 43.7 Å². The number of primary amides is 1. The predicted octanol–water partition coefficient (Wildman–Crippen LogP) is 0.432. The van der Waals surface area contributed by atoms with E-state index < -0.39 is 5.60 Å². The number of hydrogen-bond acceptors (Lipinski definition) is 3. The Labute approximate surface area is 137 Å². The number of likely N-dealkylation sites (tertiary alicyclic amines) is 1. The standard InChI is InChI=1S/C18H26N2O3/c1-23-14-7-5-13(6-8-14)17-15-4-2-3-9-18(15,22)10-11-20(17)12-16(19)21/h5-8,15,17,22H,2-4,9-12H2,1H3,(H2,19,21)/p+1/t15-,17+,18+/m0/s1. The first-order valence-electron chi connectivity index (χ1n) is 8.53. The topological polar surface area (TPSA) is 77.0 Å². The molecule has 2 fully saturated rings. The molecule has 2 aliphatic rings. The van der Waals surface area contributed by atoms with Gasteiger partial charge in [-0.3, -0.25) is 4.79 Å². The number of carbonyl (C=O) groups excluding carboxylic acids is 1. The number of benzene rings is 1. The van der Waals surface area contributed by atoms with Crippen molar-refractivity contribution in [3.05, 3.63) is 29.8 Å². The van der Waals surface area contributed by atoms with E-state index >= 15 is 0 Å². The molecule has 1 amide bonds. The van der Waals surface area contributed by atoms with E-state index in [4.69, 9.17) is 10.5 Å². The normalized spacial score (nSPS) is 33.7. The molecule has 5 nitrogen and oxygen atoms in total. The van der Waals surface area contributed by atoms with Gasteiger partial charge in [0.05, 0.1) is 19.3 Å². The van der Waals surface area contributed by atoms with Gasteiger partial charge in [-0.05, 0) is 37.1 Å². The third-order valence-electron chi connectivity index (χ3n) is 5.66. The average molecular weight is 319 g/mol. The van der Waals surface area contributed by atoms with E-state index in [9.17, 15) is 9.90 Å². The Bertz CT molecular complexity index is 560. The lowest BCUT2D eigenvalue weighted by Crippen LogP contribution is -3.16. The van der Waals surface area contributed by atoms with Crippen LogP contribution in [0.5, 0.6) is 5.75 Å². The summed E-state index contributed by atoms with van der Waals surface area (Å²) in [6.45, 7) is 1.11. The lowest BCUT2D eigenvalue weighted by Gasteiger charge is -2.50. The quantitative estimate of drug-likeness (QED) is 0.753. The fraction of sp³-hybridized carbons (Fsp3) is 0.611. The number of ether oxygens (including phenoxy) is 1. The van der Waals surface area contributed by atoms with Crippen molar-refractivity contribution in [2.75, 3.05) is 20.2 Å². The van der Waals surface area contributed by atoms with Crippen molar-refractivity contribution >= 4 is 5.91 Å². The summed E-state index contributed by atoms with van der Waals surface area (Å²) in [6, 6.07) is 8.14. The third kappa shape index (κ3) is 3.21. The minimum absolute atomic E-state index is 0.118. The Morgan fingerprint density at radius 1 is 1.35 bits per heavy atom. The van der Waals surface area contributed by atoms with Crippen molar-refractivity contribution < 1.29 is 19.5 Å².